The van der Waals surface area contributed by atoms with Gasteiger partial charge in [0.2, 0.25) is 5.88 Å². The van der Waals surface area contributed by atoms with Crippen LogP contribution < -0.4 is 10.5 Å². The number of hydrogen-bond donors (Lipinski definition) is 1. The van der Waals surface area contributed by atoms with Gasteiger partial charge < -0.3 is 15.0 Å². The Kier molecular flexibility index (Phi) is 2.52. The molecule has 84 valence electrons. The predicted octanol–water partition coefficient (Wildman–Crippen LogP) is 2.38. The van der Waals surface area contributed by atoms with Crippen LogP contribution >= 0.6 is 0 Å². The Morgan fingerprint density at radius 2 is 2.12 bits per heavy atom. The van der Waals surface area contributed by atoms with Crippen molar-refractivity contribution in [2.45, 2.75) is 6.92 Å². The van der Waals surface area contributed by atoms with Gasteiger partial charge in [0.05, 0.1) is 18.9 Å². The quantitative estimate of drug-likeness (QED) is 0.847. The molecule has 1 aromatic carbocycles. The zero-order valence-electron chi connectivity index (χ0n) is 8.95. The molecule has 0 aliphatic heterocycles. The fourth-order valence-corrected chi connectivity index (χ4v) is 1.49. The zero-order chi connectivity index (χ0) is 11.7. The van der Waals surface area contributed by atoms with E-state index in [0.717, 1.165) is 0 Å². The standard InChI is InChI=1S/C11H11FN2O2/c1-6-3-10(15-2)7(4-9(6)12)8-5-14-16-11(8)13/h3-5H,13H2,1-2H3. The monoisotopic (exact) mass is 222 g/mol. The van der Waals surface area contributed by atoms with Gasteiger partial charge in [-0.25, -0.2) is 4.39 Å². The molecule has 0 aliphatic rings. The second-order valence-electron chi connectivity index (χ2n) is 3.41. The lowest BCUT2D eigenvalue weighted by molar-refractivity contribution is 0.414. The lowest BCUT2D eigenvalue weighted by Crippen LogP contribution is -1.93. The third-order valence-electron chi connectivity index (χ3n) is 2.37. The van der Waals surface area contributed by atoms with E-state index in [4.69, 9.17) is 15.0 Å². The lowest BCUT2D eigenvalue weighted by Gasteiger charge is -2.08. The van der Waals surface area contributed by atoms with Crippen LogP contribution in [0.3, 0.4) is 0 Å². The van der Waals surface area contributed by atoms with Crippen LogP contribution in [-0.4, -0.2) is 12.3 Å². The van der Waals surface area contributed by atoms with Gasteiger partial charge in [-0.15, -0.1) is 0 Å². The highest BCUT2D eigenvalue weighted by molar-refractivity contribution is 5.77. The maximum Gasteiger partial charge on any atom is 0.230 e. The first-order chi connectivity index (χ1) is 7.63. The van der Waals surface area contributed by atoms with Gasteiger partial charge in [-0.3, -0.25) is 0 Å². The fraction of sp³-hybridized carbons (Fsp3) is 0.182. The largest absolute Gasteiger partial charge is 0.496 e. The molecule has 0 atom stereocenters. The number of hydrogen-bond acceptors (Lipinski definition) is 4. The van der Waals surface area contributed by atoms with Crippen LogP contribution in [0.4, 0.5) is 10.3 Å². The summed E-state index contributed by atoms with van der Waals surface area (Å²) in [5, 5.41) is 3.55. The summed E-state index contributed by atoms with van der Waals surface area (Å²) in [4.78, 5) is 0. The molecule has 0 fully saturated rings. The van der Waals surface area contributed by atoms with Crippen molar-refractivity contribution >= 4 is 5.88 Å². The third kappa shape index (κ3) is 1.60. The van der Waals surface area contributed by atoms with Crippen molar-refractivity contribution in [1.82, 2.24) is 5.16 Å². The van der Waals surface area contributed by atoms with Crippen molar-refractivity contribution in [2.75, 3.05) is 12.8 Å². The molecule has 1 heterocycles. The number of nitrogen functional groups attached to an aromatic ring is 1. The van der Waals surface area contributed by atoms with Gasteiger partial charge in [-0.1, -0.05) is 5.16 Å². The smallest absolute Gasteiger partial charge is 0.230 e. The summed E-state index contributed by atoms with van der Waals surface area (Å²) in [5.74, 6) is 0.353. The Labute approximate surface area is 91.8 Å². The molecular weight excluding hydrogens is 211 g/mol. The number of anilines is 1. The van der Waals surface area contributed by atoms with E-state index in [0.29, 0.717) is 22.4 Å². The molecule has 0 unspecified atom stereocenters. The average molecular weight is 222 g/mol. The highest BCUT2D eigenvalue weighted by atomic mass is 19.1. The Morgan fingerprint density at radius 1 is 1.38 bits per heavy atom. The van der Waals surface area contributed by atoms with E-state index in [9.17, 15) is 4.39 Å². The number of aryl methyl sites for hydroxylation is 1. The number of ether oxygens (including phenoxy) is 1. The molecule has 0 bridgehead atoms. The second-order valence-corrected chi connectivity index (χ2v) is 3.41. The second kappa shape index (κ2) is 3.84. The van der Waals surface area contributed by atoms with E-state index in [2.05, 4.69) is 5.16 Å². The van der Waals surface area contributed by atoms with Crippen molar-refractivity contribution in [2.24, 2.45) is 0 Å². The molecule has 2 aromatic rings. The molecule has 0 radical (unpaired) electrons. The third-order valence-corrected chi connectivity index (χ3v) is 2.37. The average Bonchev–Trinajstić information content (AvgIpc) is 2.68. The normalized spacial score (nSPS) is 10.4. The van der Waals surface area contributed by atoms with Crippen molar-refractivity contribution in [1.29, 1.82) is 0 Å². The minimum Gasteiger partial charge on any atom is -0.496 e. The number of halogens is 1. The van der Waals surface area contributed by atoms with E-state index >= 15 is 0 Å². The summed E-state index contributed by atoms with van der Waals surface area (Å²) in [5.41, 5.74) is 7.14. The summed E-state index contributed by atoms with van der Waals surface area (Å²) < 4.78 is 23.4. The summed E-state index contributed by atoms with van der Waals surface area (Å²) >= 11 is 0. The molecule has 4 nitrogen and oxygen atoms in total. The number of aromatic nitrogens is 1. The van der Waals surface area contributed by atoms with E-state index in [-0.39, 0.29) is 11.7 Å². The number of methoxy groups -OCH3 is 1. The topological polar surface area (TPSA) is 61.3 Å². The molecule has 0 aliphatic carbocycles. The first-order valence-electron chi connectivity index (χ1n) is 4.68. The van der Waals surface area contributed by atoms with E-state index in [1.54, 1.807) is 13.0 Å². The zero-order valence-corrected chi connectivity index (χ0v) is 8.95. The molecule has 2 N–H and O–H groups in total. The van der Waals surface area contributed by atoms with Crippen molar-refractivity contribution in [3.05, 3.63) is 29.7 Å². The highest BCUT2D eigenvalue weighted by Gasteiger charge is 2.14. The Bertz CT molecular complexity index is 523. The van der Waals surface area contributed by atoms with Crippen LogP contribution in [0.15, 0.2) is 22.9 Å². The molecule has 0 amide bonds. The molecule has 2 rings (SSSR count). The van der Waals surface area contributed by atoms with Crippen LogP contribution in [0.1, 0.15) is 5.56 Å². The number of benzene rings is 1. The Morgan fingerprint density at radius 3 is 2.69 bits per heavy atom. The van der Waals surface area contributed by atoms with E-state index in [1.165, 1.54) is 19.4 Å². The fourth-order valence-electron chi connectivity index (χ4n) is 1.49. The predicted molar refractivity (Wildman–Crippen MR) is 57.6 cm³/mol. The van der Waals surface area contributed by atoms with Crippen LogP contribution in [-0.2, 0) is 0 Å². The molecule has 0 saturated carbocycles. The number of nitrogens with two attached hydrogens (primary N) is 1. The Hall–Kier alpha value is -2.04. The van der Waals surface area contributed by atoms with Crippen molar-refractivity contribution in [3.8, 4) is 16.9 Å². The van der Waals surface area contributed by atoms with Crippen LogP contribution in [0, 0.1) is 12.7 Å². The summed E-state index contributed by atoms with van der Waals surface area (Å²) in [6, 6.07) is 2.97. The van der Waals surface area contributed by atoms with Gasteiger partial charge in [0, 0.05) is 5.56 Å². The van der Waals surface area contributed by atoms with E-state index < -0.39 is 0 Å². The maximum absolute atomic E-state index is 13.5. The molecule has 16 heavy (non-hydrogen) atoms. The molecule has 1 aromatic heterocycles. The first-order valence-corrected chi connectivity index (χ1v) is 4.68. The van der Waals surface area contributed by atoms with Crippen LogP contribution in [0.25, 0.3) is 11.1 Å². The van der Waals surface area contributed by atoms with Crippen LogP contribution in [0.5, 0.6) is 5.75 Å². The van der Waals surface area contributed by atoms with Gasteiger partial charge >= 0.3 is 0 Å². The van der Waals surface area contributed by atoms with Gasteiger partial charge in [0.15, 0.2) is 0 Å². The van der Waals surface area contributed by atoms with E-state index in [1.807, 2.05) is 0 Å². The van der Waals surface area contributed by atoms with Gasteiger partial charge in [-0.2, -0.15) is 0 Å². The lowest BCUT2D eigenvalue weighted by atomic mass is 10.0. The Balaban J connectivity index is 2.64. The van der Waals surface area contributed by atoms with Crippen molar-refractivity contribution < 1.29 is 13.7 Å². The molecule has 5 heteroatoms. The number of nitrogens with zero attached hydrogens (tertiary/aromatic N) is 1. The van der Waals surface area contributed by atoms with Crippen LogP contribution in [0.2, 0.25) is 0 Å². The number of rotatable bonds is 2. The van der Waals surface area contributed by atoms with Gasteiger partial charge in [0.1, 0.15) is 11.6 Å². The summed E-state index contributed by atoms with van der Waals surface area (Å²) in [7, 11) is 1.51. The molecular formula is C11H11FN2O2. The molecule has 0 spiro atoms. The minimum atomic E-state index is -0.323. The maximum atomic E-state index is 13.5. The summed E-state index contributed by atoms with van der Waals surface area (Å²) in [6.45, 7) is 1.67. The SMILES string of the molecule is COc1cc(C)c(F)cc1-c1cnoc1N. The molecule has 0 saturated heterocycles. The first kappa shape index (κ1) is 10.5. The summed E-state index contributed by atoms with van der Waals surface area (Å²) in [6.07, 6.45) is 1.43. The van der Waals surface area contributed by atoms with Gasteiger partial charge in [-0.05, 0) is 24.6 Å². The van der Waals surface area contributed by atoms with Crippen molar-refractivity contribution in [3.63, 3.8) is 0 Å². The highest BCUT2D eigenvalue weighted by Crippen LogP contribution is 2.35. The minimum absolute atomic E-state index is 0.140. The van der Waals surface area contributed by atoms with Gasteiger partial charge in [0.25, 0.3) is 0 Å².